The third-order valence-corrected chi connectivity index (χ3v) is 6.97. The molecular formula is C20H32O3. The van der Waals surface area contributed by atoms with Gasteiger partial charge in [-0.25, -0.2) is 0 Å². The minimum Gasteiger partial charge on any atom is -0.462 e. The van der Waals surface area contributed by atoms with Crippen molar-refractivity contribution < 1.29 is 14.6 Å². The molecule has 3 fully saturated rings. The molecule has 3 heteroatoms. The van der Waals surface area contributed by atoms with Crippen LogP contribution in [0.1, 0.15) is 66.2 Å². The molecule has 1 saturated heterocycles. The Labute approximate surface area is 140 Å². The lowest BCUT2D eigenvalue weighted by molar-refractivity contribution is -0.143. The Balaban J connectivity index is 1.74. The summed E-state index contributed by atoms with van der Waals surface area (Å²) in [5.41, 5.74) is 1.55. The molecule has 23 heavy (non-hydrogen) atoms. The van der Waals surface area contributed by atoms with E-state index in [4.69, 9.17) is 4.74 Å². The number of aliphatic hydroxyl groups excluding tert-OH is 1. The third-order valence-electron chi connectivity index (χ3n) is 6.97. The van der Waals surface area contributed by atoms with Crippen LogP contribution < -0.4 is 0 Å². The van der Waals surface area contributed by atoms with Crippen LogP contribution in [-0.2, 0) is 9.53 Å². The van der Waals surface area contributed by atoms with E-state index in [-0.39, 0.29) is 35.4 Å². The number of esters is 1. The van der Waals surface area contributed by atoms with E-state index >= 15 is 0 Å². The van der Waals surface area contributed by atoms with Gasteiger partial charge in [-0.3, -0.25) is 4.79 Å². The first-order valence-electron chi connectivity index (χ1n) is 9.34. The van der Waals surface area contributed by atoms with E-state index in [2.05, 4.69) is 33.8 Å². The van der Waals surface area contributed by atoms with Crippen molar-refractivity contribution in [1.29, 1.82) is 0 Å². The number of carbonyl (C=O) groups is 1. The molecule has 130 valence electrons. The van der Waals surface area contributed by atoms with E-state index in [1.54, 1.807) is 0 Å². The third kappa shape index (κ3) is 2.97. The normalized spacial score (nSPS) is 43.5. The first kappa shape index (κ1) is 17.0. The minimum atomic E-state index is -0.266. The summed E-state index contributed by atoms with van der Waals surface area (Å²) in [5.74, 6) is 1.60. The molecule has 0 radical (unpaired) electrons. The molecule has 0 aromatic rings. The largest absolute Gasteiger partial charge is 0.462 e. The van der Waals surface area contributed by atoms with Gasteiger partial charge in [0.2, 0.25) is 0 Å². The van der Waals surface area contributed by atoms with Crippen molar-refractivity contribution in [3.8, 4) is 0 Å². The molecule has 3 aliphatic rings. The van der Waals surface area contributed by atoms with Crippen LogP contribution in [0.3, 0.4) is 0 Å². The number of carbonyl (C=O) groups excluding carboxylic acids is 1. The van der Waals surface area contributed by atoms with E-state index < -0.39 is 0 Å². The monoisotopic (exact) mass is 320 g/mol. The van der Waals surface area contributed by atoms with Crippen LogP contribution in [0.5, 0.6) is 0 Å². The van der Waals surface area contributed by atoms with Gasteiger partial charge >= 0.3 is 5.97 Å². The second-order valence-corrected chi connectivity index (χ2v) is 8.71. The summed E-state index contributed by atoms with van der Waals surface area (Å²) >= 11 is 0. The van der Waals surface area contributed by atoms with Gasteiger partial charge in [0.05, 0.1) is 12.5 Å². The van der Waals surface area contributed by atoms with Gasteiger partial charge in [0.15, 0.2) is 0 Å². The first-order chi connectivity index (χ1) is 10.8. The lowest BCUT2D eigenvalue weighted by atomic mass is 9.58. The zero-order chi connectivity index (χ0) is 16.8. The van der Waals surface area contributed by atoms with Crippen LogP contribution >= 0.6 is 0 Å². The van der Waals surface area contributed by atoms with Crippen molar-refractivity contribution in [3.05, 3.63) is 11.6 Å². The number of ether oxygens (including phenoxy) is 1. The summed E-state index contributed by atoms with van der Waals surface area (Å²) in [5, 5.41) is 10.8. The van der Waals surface area contributed by atoms with Gasteiger partial charge in [0, 0.05) is 5.92 Å². The molecule has 1 aliphatic heterocycles. The molecule has 1 N–H and O–H groups in total. The average molecular weight is 320 g/mol. The van der Waals surface area contributed by atoms with Crippen molar-refractivity contribution in [2.75, 3.05) is 0 Å². The predicted octanol–water partition coefficient (Wildman–Crippen LogP) is 4.10. The maximum Gasteiger partial charge on any atom is 0.306 e. The molecule has 3 rings (SSSR count). The zero-order valence-corrected chi connectivity index (χ0v) is 15.0. The fourth-order valence-electron chi connectivity index (χ4n) is 5.92. The van der Waals surface area contributed by atoms with Gasteiger partial charge < -0.3 is 9.84 Å². The van der Waals surface area contributed by atoms with E-state index in [1.165, 1.54) is 12.0 Å². The topological polar surface area (TPSA) is 46.5 Å². The van der Waals surface area contributed by atoms with Crippen molar-refractivity contribution in [1.82, 2.24) is 0 Å². The zero-order valence-electron chi connectivity index (χ0n) is 15.0. The second kappa shape index (κ2) is 6.23. The summed E-state index contributed by atoms with van der Waals surface area (Å²) in [6, 6.07) is 0. The molecule has 0 aromatic carbocycles. The molecule has 2 saturated carbocycles. The number of allylic oxidation sites excluding steroid dienone is 2. The van der Waals surface area contributed by atoms with Crippen molar-refractivity contribution in [3.63, 3.8) is 0 Å². The number of aliphatic hydroxyl groups is 1. The van der Waals surface area contributed by atoms with Gasteiger partial charge in [-0.15, -0.1) is 0 Å². The highest BCUT2D eigenvalue weighted by atomic mass is 16.5. The molecular weight excluding hydrogens is 288 g/mol. The summed E-state index contributed by atoms with van der Waals surface area (Å²) in [7, 11) is 0. The summed E-state index contributed by atoms with van der Waals surface area (Å²) in [6.45, 7) is 9.03. The number of hydrogen-bond donors (Lipinski definition) is 1. The van der Waals surface area contributed by atoms with Crippen LogP contribution in [0.25, 0.3) is 0 Å². The van der Waals surface area contributed by atoms with Gasteiger partial charge in [0.1, 0.15) is 6.10 Å². The van der Waals surface area contributed by atoms with E-state index in [0.717, 1.165) is 25.7 Å². The van der Waals surface area contributed by atoms with Gasteiger partial charge in [-0.1, -0.05) is 25.5 Å². The molecule has 1 heterocycles. The Morgan fingerprint density at radius 1 is 1.48 bits per heavy atom. The molecule has 0 spiro atoms. The van der Waals surface area contributed by atoms with Gasteiger partial charge in [0.25, 0.3) is 0 Å². The van der Waals surface area contributed by atoms with E-state index in [1.807, 2.05) is 0 Å². The lowest BCUT2D eigenvalue weighted by Gasteiger charge is -2.47. The van der Waals surface area contributed by atoms with Crippen LogP contribution in [0.4, 0.5) is 0 Å². The fraction of sp³-hybridized carbons (Fsp3) is 0.850. The number of hydrogen-bond acceptors (Lipinski definition) is 3. The Morgan fingerprint density at radius 2 is 2.22 bits per heavy atom. The Morgan fingerprint density at radius 3 is 2.91 bits per heavy atom. The first-order valence-corrected chi connectivity index (χ1v) is 9.34. The molecule has 0 amide bonds. The summed E-state index contributed by atoms with van der Waals surface area (Å²) < 4.78 is 5.50. The number of fused-ring (bicyclic) bond motifs is 3. The molecule has 0 aromatic heterocycles. The Kier molecular flexibility index (Phi) is 4.61. The van der Waals surface area contributed by atoms with Crippen LogP contribution in [0, 0.1) is 29.1 Å². The molecule has 2 aliphatic carbocycles. The quantitative estimate of drug-likeness (QED) is 0.626. The van der Waals surface area contributed by atoms with E-state index in [0.29, 0.717) is 18.3 Å². The summed E-state index contributed by atoms with van der Waals surface area (Å²) in [4.78, 5) is 11.7. The van der Waals surface area contributed by atoms with Crippen LogP contribution in [-0.4, -0.2) is 23.3 Å². The van der Waals surface area contributed by atoms with Crippen molar-refractivity contribution in [2.45, 2.75) is 78.4 Å². The maximum atomic E-state index is 11.7. The van der Waals surface area contributed by atoms with Crippen molar-refractivity contribution >= 4 is 5.97 Å². The minimum absolute atomic E-state index is 0.0588. The van der Waals surface area contributed by atoms with Crippen LogP contribution in [0.15, 0.2) is 11.6 Å². The Bertz CT molecular complexity index is 493. The predicted molar refractivity (Wildman–Crippen MR) is 90.8 cm³/mol. The highest BCUT2D eigenvalue weighted by Crippen LogP contribution is 2.61. The molecule has 0 unspecified atom stereocenters. The van der Waals surface area contributed by atoms with Crippen molar-refractivity contribution in [2.24, 2.45) is 29.1 Å². The Hall–Kier alpha value is -0.830. The summed E-state index contributed by atoms with van der Waals surface area (Å²) in [6.07, 6.45) is 7.91. The van der Waals surface area contributed by atoms with Gasteiger partial charge in [-0.05, 0) is 69.1 Å². The second-order valence-electron chi connectivity index (χ2n) is 8.71. The smallest absolute Gasteiger partial charge is 0.306 e. The standard InChI is InChI=1S/C20H32O3/c1-12(2)6-5-7-13(3)15-11-16(21)19-14-10-18(22)23-17(14)8-9-20(15,19)4/h6,13-17,19,21H,5,7-11H2,1-4H3/t13-,14+,15-,16+,17+,19+,20-/m1/s1. The van der Waals surface area contributed by atoms with Crippen LogP contribution in [0.2, 0.25) is 0 Å². The molecule has 0 bridgehead atoms. The van der Waals surface area contributed by atoms with E-state index in [9.17, 15) is 9.90 Å². The van der Waals surface area contributed by atoms with Gasteiger partial charge in [-0.2, -0.15) is 0 Å². The fourth-order valence-corrected chi connectivity index (χ4v) is 5.92. The molecule has 3 nitrogen and oxygen atoms in total. The SMILES string of the molecule is CC(C)=CCC[C@@H](C)[C@H]1C[C@H](O)[C@@H]2[C@H]3CC(=O)O[C@H]3CC[C@@]21C. The highest BCUT2D eigenvalue weighted by molar-refractivity contribution is 5.72. The number of rotatable bonds is 4. The average Bonchev–Trinajstić information content (AvgIpc) is 2.95. The lowest BCUT2D eigenvalue weighted by Crippen LogP contribution is -2.45. The maximum absolute atomic E-state index is 11.7. The molecule has 7 atom stereocenters. The highest BCUT2D eigenvalue weighted by Gasteiger charge is 2.61.